The molecule has 0 bridgehead atoms. The van der Waals surface area contributed by atoms with Gasteiger partial charge in [0.25, 0.3) is 5.91 Å². The fourth-order valence-electron chi connectivity index (χ4n) is 3.13. The van der Waals surface area contributed by atoms with E-state index in [2.05, 4.69) is 11.0 Å². The predicted octanol–water partition coefficient (Wildman–Crippen LogP) is 2.89. The van der Waals surface area contributed by atoms with Gasteiger partial charge in [0.1, 0.15) is 6.61 Å². The second-order valence-electron chi connectivity index (χ2n) is 6.17. The average molecular weight is 379 g/mol. The molecule has 0 radical (unpaired) electrons. The molecule has 1 amide bonds. The first kappa shape index (κ1) is 16.7. The maximum Gasteiger partial charge on any atom is 0.267 e. The molecule has 0 saturated carbocycles. The molecule has 0 N–H and O–H groups in total. The molecule has 132 valence electrons. The zero-order chi connectivity index (χ0) is 17.2. The van der Waals surface area contributed by atoms with E-state index in [9.17, 15) is 4.79 Å². The summed E-state index contributed by atoms with van der Waals surface area (Å²) in [6.07, 6.45) is -0.558. The highest BCUT2D eigenvalue weighted by atomic mass is 35.5. The van der Waals surface area contributed by atoms with Crippen molar-refractivity contribution in [3.63, 3.8) is 0 Å². The molecule has 1 atom stereocenters. The van der Waals surface area contributed by atoms with Crippen molar-refractivity contribution in [2.45, 2.75) is 12.6 Å². The number of piperazine rings is 1. The van der Waals surface area contributed by atoms with Crippen LogP contribution in [0.2, 0.25) is 4.34 Å². The number of nitrogens with zero attached hydrogens (tertiary/aromatic N) is 2. The molecule has 2 aliphatic rings. The molecule has 0 unspecified atom stereocenters. The number of thiophene rings is 1. The van der Waals surface area contributed by atoms with Crippen LogP contribution in [0.15, 0.2) is 36.4 Å². The van der Waals surface area contributed by atoms with Crippen molar-refractivity contribution in [1.29, 1.82) is 0 Å². The molecule has 5 nitrogen and oxygen atoms in total. The van der Waals surface area contributed by atoms with Crippen LogP contribution in [0.5, 0.6) is 11.5 Å². The summed E-state index contributed by atoms with van der Waals surface area (Å²) in [5.41, 5.74) is 0. The Hall–Kier alpha value is -1.76. The molecule has 2 aromatic rings. The monoisotopic (exact) mass is 378 g/mol. The van der Waals surface area contributed by atoms with Gasteiger partial charge in [-0.1, -0.05) is 23.7 Å². The third-order valence-corrected chi connectivity index (χ3v) is 5.69. The highest BCUT2D eigenvalue weighted by Crippen LogP contribution is 2.31. The number of carbonyl (C=O) groups is 1. The molecule has 3 heterocycles. The molecule has 0 aliphatic carbocycles. The number of halogens is 1. The Balaban J connectivity index is 1.31. The van der Waals surface area contributed by atoms with Crippen LogP contribution in [-0.2, 0) is 11.3 Å². The number of fused-ring (bicyclic) bond motifs is 1. The Labute approximate surface area is 155 Å². The number of benzene rings is 1. The largest absolute Gasteiger partial charge is 0.485 e. The molecule has 1 saturated heterocycles. The lowest BCUT2D eigenvalue weighted by Crippen LogP contribution is -2.53. The van der Waals surface area contributed by atoms with Crippen LogP contribution in [0.1, 0.15) is 4.88 Å². The van der Waals surface area contributed by atoms with E-state index in [4.69, 9.17) is 21.1 Å². The van der Waals surface area contributed by atoms with Crippen LogP contribution in [0, 0.1) is 0 Å². The summed E-state index contributed by atoms with van der Waals surface area (Å²) in [5.74, 6) is 1.35. The van der Waals surface area contributed by atoms with Crippen LogP contribution < -0.4 is 9.47 Å². The molecule has 1 fully saturated rings. The summed E-state index contributed by atoms with van der Waals surface area (Å²) in [4.78, 5) is 18.2. The zero-order valence-corrected chi connectivity index (χ0v) is 15.3. The summed E-state index contributed by atoms with van der Waals surface area (Å²) in [5, 5.41) is 0. The molecular formula is C18H19ClN2O3S. The van der Waals surface area contributed by atoms with Gasteiger partial charge in [-0.25, -0.2) is 0 Å². The summed E-state index contributed by atoms with van der Waals surface area (Å²) in [7, 11) is 0. The second-order valence-corrected chi connectivity index (χ2v) is 7.97. The van der Waals surface area contributed by atoms with Crippen molar-refractivity contribution in [2.24, 2.45) is 0 Å². The number of para-hydroxylation sites is 2. The minimum Gasteiger partial charge on any atom is -0.485 e. The first-order chi connectivity index (χ1) is 12.2. The van der Waals surface area contributed by atoms with Crippen molar-refractivity contribution in [3.05, 3.63) is 45.6 Å². The number of ether oxygens (including phenoxy) is 2. The van der Waals surface area contributed by atoms with E-state index < -0.39 is 6.10 Å². The van der Waals surface area contributed by atoms with Gasteiger partial charge in [0.05, 0.1) is 4.34 Å². The van der Waals surface area contributed by atoms with Gasteiger partial charge in [-0.3, -0.25) is 9.69 Å². The summed E-state index contributed by atoms with van der Waals surface area (Å²) >= 11 is 7.60. The lowest BCUT2D eigenvalue weighted by atomic mass is 10.2. The van der Waals surface area contributed by atoms with E-state index >= 15 is 0 Å². The van der Waals surface area contributed by atoms with Crippen molar-refractivity contribution >= 4 is 28.8 Å². The van der Waals surface area contributed by atoms with Crippen LogP contribution in [-0.4, -0.2) is 54.6 Å². The quantitative estimate of drug-likeness (QED) is 0.823. The predicted molar refractivity (Wildman–Crippen MR) is 97.5 cm³/mol. The number of hydrogen-bond acceptors (Lipinski definition) is 5. The standard InChI is InChI=1S/C18H19ClN2O3S/c19-17-6-5-13(25-17)11-20-7-9-21(10-8-20)18(22)16-12-23-14-3-1-2-4-15(14)24-16/h1-6,16H,7-12H2/t16-/m1/s1. The SMILES string of the molecule is O=C([C@H]1COc2ccccc2O1)N1CCN(Cc2ccc(Cl)s2)CC1. The second kappa shape index (κ2) is 7.23. The van der Waals surface area contributed by atoms with Gasteiger partial charge in [0, 0.05) is 37.6 Å². The lowest BCUT2D eigenvalue weighted by molar-refractivity contribution is -0.143. The van der Waals surface area contributed by atoms with Gasteiger partial charge in [-0.2, -0.15) is 0 Å². The molecular weight excluding hydrogens is 360 g/mol. The Kier molecular flexibility index (Phi) is 4.83. The van der Waals surface area contributed by atoms with E-state index in [1.807, 2.05) is 35.2 Å². The fourth-order valence-corrected chi connectivity index (χ4v) is 4.26. The van der Waals surface area contributed by atoms with Crippen LogP contribution in [0.4, 0.5) is 0 Å². The van der Waals surface area contributed by atoms with Crippen LogP contribution in [0.25, 0.3) is 0 Å². The summed E-state index contributed by atoms with van der Waals surface area (Å²) in [6.45, 7) is 4.27. The number of amides is 1. The molecule has 4 rings (SSSR count). The number of hydrogen-bond donors (Lipinski definition) is 0. The average Bonchev–Trinajstić information content (AvgIpc) is 3.06. The van der Waals surface area contributed by atoms with Crippen LogP contribution in [0.3, 0.4) is 0 Å². The highest BCUT2D eigenvalue weighted by Gasteiger charge is 2.32. The molecule has 25 heavy (non-hydrogen) atoms. The van der Waals surface area contributed by atoms with Gasteiger partial charge in [0.15, 0.2) is 11.5 Å². The third kappa shape index (κ3) is 3.76. The van der Waals surface area contributed by atoms with Crippen molar-refractivity contribution in [2.75, 3.05) is 32.8 Å². The van der Waals surface area contributed by atoms with E-state index in [1.165, 1.54) is 4.88 Å². The first-order valence-electron chi connectivity index (χ1n) is 8.33. The highest BCUT2D eigenvalue weighted by molar-refractivity contribution is 7.16. The van der Waals surface area contributed by atoms with Gasteiger partial charge < -0.3 is 14.4 Å². The van der Waals surface area contributed by atoms with Crippen molar-refractivity contribution < 1.29 is 14.3 Å². The Morgan fingerprint density at radius 1 is 1.12 bits per heavy atom. The third-order valence-electron chi connectivity index (χ3n) is 4.48. The zero-order valence-electron chi connectivity index (χ0n) is 13.7. The Morgan fingerprint density at radius 3 is 2.60 bits per heavy atom. The van der Waals surface area contributed by atoms with Gasteiger partial charge in [-0.15, -0.1) is 11.3 Å². The van der Waals surface area contributed by atoms with Crippen molar-refractivity contribution in [1.82, 2.24) is 9.80 Å². The summed E-state index contributed by atoms with van der Waals surface area (Å²) in [6, 6.07) is 11.5. The minimum absolute atomic E-state index is 0.00770. The molecule has 0 spiro atoms. The minimum atomic E-state index is -0.558. The number of rotatable bonds is 3. The lowest BCUT2D eigenvalue weighted by Gasteiger charge is -2.37. The molecule has 2 aliphatic heterocycles. The van der Waals surface area contributed by atoms with Gasteiger partial charge >= 0.3 is 0 Å². The maximum atomic E-state index is 12.7. The smallest absolute Gasteiger partial charge is 0.267 e. The fraction of sp³-hybridized carbons (Fsp3) is 0.389. The van der Waals surface area contributed by atoms with E-state index in [0.29, 0.717) is 24.6 Å². The Bertz CT molecular complexity index is 758. The molecule has 1 aromatic heterocycles. The van der Waals surface area contributed by atoms with E-state index in [0.717, 1.165) is 24.0 Å². The topological polar surface area (TPSA) is 42.0 Å². The van der Waals surface area contributed by atoms with Crippen molar-refractivity contribution in [3.8, 4) is 11.5 Å². The number of carbonyl (C=O) groups excluding carboxylic acids is 1. The van der Waals surface area contributed by atoms with Gasteiger partial charge in [-0.05, 0) is 24.3 Å². The molecule has 1 aromatic carbocycles. The molecule has 7 heteroatoms. The first-order valence-corrected chi connectivity index (χ1v) is 9.52. The van der Waals surface area contributed by atoms with Gasteiger partial charge in [0.2, 0.25) is 6.10 Å². The maximum absolute atomic E-state index is 12.7. The normalized spacial score (nSPS) is 20.5. The summed E-state index contributed by atoms with van der Waals surface area (Å²) < 4.78 is 12.3. The van der Waals surface area contributed by atoms with Crippen LogP contribution >= 0.6 is 22.9 Å². The van der Waals surface area contributed by atoms with E-state index in [1.54, 1.807) is 11.3 Å². The Morgan fingerprint density at radius 2 is 1.88 bits per heavy atom. The van der Waals surface area contributed by atoms with E-state index in [-0.39, 0.29) is 12.5 Å².